The number of carbonyl (C=O) groups excluding carboxylic acids is 1. The fourth-order valence-electron chi connectivity index (χ4n) is 2.61. The quantitative estimate of drug-likeness (QED) is 0.488. The maximum Gasteiger partial charge on any atom is 0.287 e. The molecule has 0 saturated heterocycles. The van der Waals surface area contributed by atoms with Gasteiger partial charge in [-0.3, -0.25) is 9.59 Å². The number of aromatic nitrogens is 3. The highest BCUT2D eigenvalue weighted by atomic mass is 35.5. The summed E-state index contributed by atoms with van der Waals surface area (Å²) in [6.07, 6.45) is 3.29. The van der Waals surface area contributed by atoms with Crippen LogP contribution in [0.25, 0.3) is 0 Å². The normalized spacial score (nSPS) is 11.5. The number of hydrogen-bond acceptors (Lipinski definition) is 7. The minimum Gasteiger partial charge on any atom is -0.324 e. The number of rotatable bonds is 8. The van der Waals surface area contributed by atoms with Gasteiger partial charge < -0.3 is 5.32 Å². The molecule has 0 radical (unpaired) electrons. The van der Waals surface area contributed by atoms with Gasteiger partial charge in [0.25, 0.3) is 5.56 Å². The summed E-state index contributed by atoms with van der Waals surface area (Å²) in [6.45, 7) is 1.43. The van der Waals surface area contributed by atoms with Crippen molar-refractivity contribution in [2.75, 3.05) is 11.9 Å². The van der Waals surface area contributed by atoms with Crippen LogP contribution in [-0.2, 0) is 27.8 Å². The molecule has 164 valence electrons. The second-order valence-electron chi connectivity index (χ2n) is 6.37. The number of halogens is 2. The molecule has 3 aromatic rings. The van der Waals surface area contributed by atoms with E-state index in [1.165, 1.54) is 17.4 Å². The number of amides is 1. The SMILES string of the molecule is Cc1ccc(NC(=O)Cn2ncc(Cl)c(Cl)c2=O)cc1S(=O)(=O)NCCc1nccs1. The summed E-state index contributed by atoms with van der Waals surface area (Å²) in [7, 11) is -3.80. The number of anilines is 1. The summed E-state index contributed by atoms with van der Waals surface area (Å²) >= 11 is 12.9. The zero-order chi connectivity index (χ0) is 22.6. The van der Waals surface area contributed by atoms with E-state index in [4.69, 9.17) is 23.2 Å². The van der Waals surface area contributed by atoms with E-state index in [1.807, 2.05) is 5.38 Å². The highest BCUT2D eigenvalue weighted by Gasteiger charge is 2.18. The van der Waals surface area contributed by atoms with E-state index in [0.717, 1.165) is 15.9 Å². The predicted molar refractivity (Wildman–Crippen MR) is 119 cm³/mol. The highest BCUT2D eigenvalue weighted by Crippen LogP contribution is 2.20. The Morgan fingerprint density at radius 1 is 1.29 bits per heavy atom. The molecule has 3 rings (SSSR count). The van der Waals surface area contributed by atoms with E-state index in [9.17, 15) is 18.0 Å². The van der Waals surface area contributed by atoms with Crippen LogP contribution in [0.1, 0.15) is 10.6 Å². The first kappa shape index (κ1) is 23.4. The average Bonchev–Trinajstić information content (AvgIpc) is 3.23. The molecule has 0 aliphatic heterocycles. The minimum atomic E-state index is -3.80. The number of aryl methyl sites for hydroxylation is 1. The van der Waals surface area contributed by atoms with Crippen molar-refractivity contribution in [3.8, 4) is 0 Å². The van der Waals surface area contributed by atoms with Crippen LogP contribution in [0.3, 0.4) is 0 Å². The van der Waals surface area contributed by atoms with Crippen LogP contribution >= 0.6 is 34.5 Å². The van der Waals surface area contributed by atoms with Crippen molar-refractivity contribution in [3.05, 3.63) is 66.9 Å². The van der Waals surface area contributed by atoms with Gasteiger partial charge in [-0.1, -0.05) is 29.3 Å². The smallest absolute Gasteiger partial charge is 0.287 e. The molecular formula is C18H17Cl2N5O4S2. The Kier molecular flexibility index (Phi) is 7.44. The second-order valence-corrected chi connectivity index (χ2v) is 9.87. The van der Waals surface area contributed by atoms with Crippen LogP contribution < -0.4 is 15.6 Å². The molecule has 2 N–H and O–H groups in total. The summed E-state index contributed by atoms with van der Waals surface area (Å²) in [5.74, 6) is -0.586. The summed E-state index contributed by atoms with van der Waals surface area (Å²) < 4.78 is 28.8. The summed E-state index contributed by atoms with van der Waals surface area (Å²) in [5, 5.41) is 8.71. The Morgan fingerprint density at radius 3 is 2.77 bits per heavy atom. The molecular weight excluding hydrogens is 485 g/mol. The van der Waals surface area contributed by atoms with Crippen LogP contribution in [0.15, 0.2) is 45.7 Å². The number of nitrogens with zero attached hydrogens (tertiary/aromatic N) is 3. The first-order valence-electron chi connectivity index (χ1n) is 8.87. The van der Waals surface area contributed by atoms with E-state index in [0.29, 0.717) is 12.0 Å². The fraction of sp³-hybridized carbons (Fsp3) is 0.222. The zero-order valence-electron chi connectivity index (χ0n) is 16.1. The molecule has 0 aliphatic carbocycles. The van der Waals surface area contributed by atoms with Crippen LogP contribution in [-0.4, -0.2) is 35.6 Å². The van der Waals surface area contributed by atoms with Crippen molar-refractivity contribution in [2.45, 2.75) is 24.8 Å². The van der Waals surface area contributed by atoms with Gasteiger partial charge in [0.05, 0.1) is 21.1 Å². The van der Waals surface area contributed by atoms with Gasteiger partial charge in [0.1, 0.15) is 11.6 Å². The number of sulfonamides is 1. The number of benzene rings is 1. The molecule has 0 spiro atoms. The van der Waals surface area contributed by atoms with Crippen molar-refractivity contribution in [3.63, 3.8) is 0 Å². The van der Waals surface area contributed by atoms with Gasteiger partial charge >= 0.3 is 0 Å². The Hall–Kier alpha value is -2.31. The van der Waals surface area contributed by atoms with Gasteiger partial charge in [-0.15, -0.1) is 11.3 Å². The van der Waals surface area contributed by atoms with E-state index in [-0.39, 0.29) is 27.2 Å². The van der Waals surface area contributed by atoms with Gasteiger partial charge in [0.2, 0.25) is 15.9 Å². The third-order valence-electron chi connectivity index (χ3n) is 4.11. The number of thiazole rings is 1. The van der Waals surface area contributed by atoms with Crippen molar-refractivity contribution in [2.24, 2.45) is 0 Å². The van der Waals surface area contributed by atoms with Crippen molar-refractivity contribution in [1.82, 2.24) is 19.5 Å². The maximum atomic E-state index is 12.7. The van der Waals surface area contributed by atoms with Crippen LogP contribution in [0.4, 0.5) is 5.69 Å². The first-order valence-corrected chi connectivity index (χ1v) is 12.0. The molecule has 0 aliphatic rings. The highest BCUT2D eigenvalue weighted by molar-refractivity contribution is 7.89. The predicted octanol–water partition coefficient (Wildman–Crippen LogP) is 2.47. The van der Waals surface area contributed by atoms with Crippen LogP contribution in [0.2, 0.25) is 10.0 Å². The molecule has 1 amide bonds. The van der Waals surface area contributed by atoms with Crippen LogP contribution in [0, 0.1) is 6.92 Å². The topological polar surface area (TPSA) is 123 Å². The summed E-state index contributed by atoms with van der Waals surface area (Å²) in [4.78, 5) is 28.5. The number of nitrogens with one attached hydrogen (secondary N) is 2. The monoisotopic (exact) mass is 501 g/mol. The lowest BCUT2D eigenvalue weighted by atomic mass is 10.2. The van der Waals surface area contributed by atoms with E-state index >= 15 is 0 Å². The third kappa shape index (κ3) is 5.89. The molecule has 2 aromatic heterocycles. The molecule has 9 nitrogen and oxygen atoms in total. The van der Waals surface area contributed by atoms with Gasteiger partial charge in [-0.05, 0) is 24.6 Å². The lowest BCUT2D eigenvalue weighted by molar-refractivity contribution is -0.117. The van der Waals surface area contributed by atoms with Crippen molar-refractivity contribution >= 4 is 56.2 Å². The molecule has 0 unspecified atom stereocenters. The molecule has 2 heterocycles. The first-order chi connectivity index (χ1) is 14.7. The number of carbonyl (C=O) groups is 1. The van der Waals surface area contributed by atoms with Crippen molar-refractivity contribution < 1.29 is 13.2 Å². The minimum absolute atomic E-state index is 0.0148. The lowest BCUT2D eigenvalue weighted by Gasteiger charge is -2.12. The van der Waals surface area contributed by atoms with Crippen molar-refractivity contribution in [1.29, 1.82) is 0 Å². The Morgan fingerprint density at radius 2 is 2.06 bits per heavy atom. The van der Waals surface area contributed by atoms with E-state index in [2.05, 4.69) is 20.1 Å². The molecule has 0 bridgehead atoms. The third-order valence-corrected chi connectivity index (χ3v) is 7.30. The second kappa shape index (κ2) is 9.88. The standard InChI is InChI=1S/C18H17Cl2N5O4S2/c1-11-2-3-12(24-15(26)10-25-18(27)17(20)13(19)9-22-25)8-14(11)31(28,29)23-5-4-16-21-6-7-30-16/h2-3,6-9,23H,4-5,10H2,1H3,(H,24,26). The van der Waals surface area contributed by atoms with E-state index in [1.54, 1.807) is 25.3 Å². The lowest BCUT2D eigenvalue weighted by Crippen LogP contribution is -2.30. The summed E-state index contributed by atoms with van der Waals surface area (Å²) in [6, 6.07) is 4.49. The largest absolute Gasteiger partial charge is 0.324 e. The number of hydrogen-bond donors (Lipinski definition) is 2. The Bertz CT molecular complexity index is 1260. The van der Waals surface area contributed by atoms with E-state index < -0.39 is 28.0 Å². The molecule has 31 heavy (non-hydrogen) atoms. The van der Waals surface area contributed by atoms with Gasteiger partial charge in [0, 0.05) is 30.2 Å². The van der Waals surface area contributed by atoms with Crippen LogP contribution in [0.5, 0.6) is 0 Å². The fourth-order valence-corrected chi connectivity index (χ4v) is 4.80. The molecule has 0 fully saturated rings. The van der Waals surface area contributed by atoms with Gasteiger partial charge in [-0.2, -0.15) is 5.10 Å². The molecule has 1 aromatic carbocycles. The Balaban J connectivity index is 1.70. The molecule has 13 heteroatoms. The average molecular weight is 502 g/mol. The Labute approximate surface area is 192 Å². The molecule has 0 saturated carbocycles. The van der Waals surface area contributed by atoms with Gasteiger partial charge in [0.15, 0.2) is 0 Å². The van der Waals surface area contributed by atoms with Gasteiger partial charge in [-0.25, -0.2) is 22.8 Å². The summed E-state index contributed by atoms with van der Waals surface area (Å²) in [5.41, 5.74) is 0.0621. The molecule has 0 atom stereocenters. The zero-order valence-corrected chi connectivity index (χ0v) is 19.3. The maximum absolute atomic E-state index is 12.7.